The number of hydrogen-bond donors (Lipinski definition) is 2. The van der Waals surface area contributed by atoms with Crippen LogP contribution >= 0.6 is 0 Å². The van der Waals surface area contributed by atoms with Crippen molar-refractivity contribution >= 4 is 35.8 Å². The second-order valence-electron chi connectivity index (χ2n) is 13.6. The first-order chi connectivity index (χ1) is 23.6. The molecule has 2 N–H and O–H groups in total. The standard InChI is InChI=1S/C32H47NO18/c1-13(34)33-20-18(43-15(3)36)11-32(29(40)41-10,50-22(20)21(45-17(5)38)19(44-16(4)37)12-42-14(2)35)27(39)25-23-24(48-30(6,7)47-23)26-28(46-25)51-31(8,9)49-26/h18-28,39H,11-12H2,1-10H3,(H,33,34)/t18-,19+,20+,21+,22+,23+,24-,25-,26+,27?,28+,32+/m0/s1. The molecule has 4 heterocycles. The minimum atomic E-state index is -2.55. The molecule has 1 unspecified atom stereocenters. The first-order valence-electron chi connectivity index (χ1n) is 16.3. The summed E-state index contributed by atoms with van der Waals surface area (Å²) in [4.78, 5) is 75.8. The molecule has 0 aromatic heterocycles. The second-order valence-corrected chi connectivity index (χ2v) is 13.6. The van der Waals surface area contributed by atoms with Crippen LogP contribution < -0.4 is 5.32 Å². The summed E-state index contributed by atoms with van der Waals surface area (Å²) >= 11 is 0. The number of aliphatic hydroxyl groups is 1. The Morgan fingerprint density at radius 2 is 1.35 bits per heavy atom. The summed E-state index contributed by atoms with van der Waals surface area (Å²) in [5.41, 5.74) is -2.55. The summed E-state index contributed by atoms with van der Waals surface area (Å²) in [6.45, 7) is 11.2. The van der Waals surface area contributed by atoms with Gasteiger partial charge in [-0.25, -0.2) is 4.79 Å². The van der Waals surface area contributed by atoms with Crippen LogP contribution in [0.1, 0.15) is 68.7 Å². The first kappa shape index (κ1) is 40.3. The lowest BCUT2D eigenvalue weighted by Gasteiger charge is -2.52. The molecule has 0 spiro atoms. The Morgan fingerprint density at radius 1 is 0.765 bits per heavy atom. The monoisotopic (exact) mass is 733 g/mol. The molecule has 4 rings (SSSR count). The van der Waals surface area contributed by atoms with Gasteiger partial charge in [0.25, 0.3) is 0 Å². The summed E-state index contributed by atoms with van der Waals surface area (Å²) in [6, 6.07) is -1.43. The molecule has 4 saturated heterocycles. The SMILES string of the molecule is COC(=O)[C@]1(C(O)[C@H]2O[C@@H]3OC(C)(C)O[C@@H]3[C@H]3OC(C)(C)O[C@H]32)C[C@H](OC(C)=O)[C@@H](NC(C)=O)[C@H]([C@H](OC(C)=O)[C@@H](COC(C)=O)OC(C)=O)O1. The fraction of sp³-hybridized carbons (Fsp3) is 0.812. The van der Waals surface area contributed by atoms with Crippen LogP contribution in [0.2, 0.25) is 0 Å². The van der Waals surface area contributed by atoms with Crippen molar-refractivity contribution in [2.75, 3.05) is 13.7 Å². The van der Waals surface area contributed by atoms with Crippen molar-refractivity contribution < 1.29 is 86.0 Å². The largest absolute Gasteiger partial charge is 0.467 e. The number of aliphatic hydroxyl groups excluding tert-OH is 1. The van der Waals surface area contributed by atoms with Crippen LogP contribution in [-0.4, -0.2) is 139 Å². The molecule has 19 nitrogen and oxygen atoms in total. The molecule has 4 aliphatic rings. The summed E-state index contributed by atoms with van der Waals surface area (Å²) in [6.07, 6.45) is -14.8. The molecule has 0 radical (unpaired) electrons. The van der Waals surface area contributed by atoms with Crippen LogP contribution in [0.5, 0.6) is 0 Å². The molecule has 4 aliphatic heterocycles. The molecular weight excluding hydrogens is 686 g/mol. The number of nitrogens with one attached hydrogen (secondary N) is 1. The lowest BCUT2D eigenvalue weighted by Crippen LogP contribution is -2.74. The smallest absolute Gasteiger partial charge is 0.341 e. The van der Waals surface area contributed by atoms with E-state index in [0.29, 0.717) is 0 Å². The summed E-state index contributed by atoms with van der Waals surface area (Å²) < 4.78 is 63.9. The number of carbonyl (C=O) groups excluding carboxylic acids is 6. The highest BCUT2D eigenvalue weighted by Crippen LogP contribution is 2.48. The summed E-state index contributed by atoms with van der Waals surface area (Å²) in [5.74, 6) is -7.74. The van der Waals surface area contributed by atoms with E-state index in [1.807, 2.05) is 0 Å². The van der Waals surface area contributed by atoms with Crippen molar-refractivity contribution in [3.05, 3.63) is 0 Å². The van der Waals surface area contributed by atoms with Gasteiger partial charge in [0, 0.05) is 41.0 Å². The minimum absolute atomic E-state index is 0.657. The topological polar surface area (TPSA) is 236 Å². The van der Waals surface area contributed by atoms with E-state index in [1.165, 1.54) is 0 Å². The predicted molar refractivity (Wildman–Crippen MR) is 164 cm³/mol. The number of hydrogen-bond acceptors (Lipinski definition) is 18. The Hall–Kier alpha value is -3.46. The Morgan fingerprint density at radius 3 is 1.90 bits per heavy atom. The van der Waals surface area contributed by atoms with Gasteiger partial charge >= 0.3 is 29.8 Å². The first-order valence-corrected chi connectivity index (χ1v) is 16.3. The molecule has 0 bridgehead atoms. The number of rotatable bonds is 11. The number of esters is 5. The lowest BCUT2D eigenvalue weighted by molar-refractivity contribution is -0.301. The van der Waals surface area contributed by atoms with E-state index in [-0.39, 0.29) is 0 Å². The normalized spacial score (nSPS) is 35.1. The fourth-order valence-electron chi connectivity index (χ4n) is 6.94. The zero-order valence-electron chi connectivity index (χ0n) is 30.2. The molecule has 12 atom stereocenters. The van der Waals surface area contributed by atoms with Gasteiger partial charge in [0.15, 0.2) is 35.7 Å². The average Bonchev–Trinajstić information content (AvgIpc) is 3.50. The van der Waals surface area contributed by atoms with Crippen LogP contribution in [-0.2, 0) is 80.9 Å². The Balaban J connectivity index is 1.90. The van der Waals surface area contributed by atoms with Gasteiger partial charge in [-0.3, -0.25) is 24.0 Å². The van der Waals surface area contributed by atoms with Gasteiger partial charge in [-0.2, -0.15) is 0 Å². The van der Waals surface area contributed by atoms with E-state index in [9.17, 15) is 33.9 Å². The van der Waals surface area contributed by atoms with Gasteiger partial charge in [0.2, 0.25) is 5.91 Å². The second kappa shape index (κ2) is 15.3. The maximum Gasteiger partial charge on any atom is 0.341 e. The van der Waals surface area contributed by atoms with Gasteiger partial charge in [0.05, 0.1) is 13.2 Å². The number of fused-ring (bicyclic) bond motifs is 3. The maximum atomic E-state index is 14.1. The zero-order valence-corrected chi connectivity index (χ0v) is 30.2. The molecule has 19 heteroatoms. The van der Waals surface area contributed by atoms with Crippen molar-refractivity contribution in [2.24, 2.45) is 0 Å². The van der Waals surface area contributed by atoms with Gasteiger partial charge < -0.3 is 62.5 Å². The van der Waals surface area contributed by atoms with Gasteiger partial charge in [-0.15, -0.1) is 0 Å². The highest BCUT2D eigenvalue weighted by molar-refractivity contribution is 5.81. The third-order valence-electron chi connectivity index (χ3n) is 8.56. The van der Waals surface area contributed by atoms with Crippen molar-refractivity contribution in [1.29, 1.82) is 0 Å². The van der Waals surface area contributed by atoms with Gasteiger partial charge in [-0.05, 0) is 27.7 Å². The van der Waals surface area contributed by atoms with Crippen molar-refractivity contribution in [3.63, 3.8) is 0 Å². The molecule has 288 valence electrons. The number of amides is 1. The quantitative estimate of drug-likeness (QED) is 0.197. The maximum absolute atomic E-state index is 14.1. The van der Waals surface area contributed by atoms with E-state index in [1.54, 1.807) is 27.7 Å². The zero-order chi connectivity index (χ0) is 38.2. The highest BCUT2D eigenvalue weighted by atomic mass is 16.9. The molecule has 0 aliphatic carbocycles. The molecule has 0 aromatic rings. The minimum Gasteiger partial charge on any atom is -0.467 e. The van der Waals surface area contributed by atoms with Gasteiger partial charge in [0.1, 0.15) is 49.3 Å². The lowest BCUT2D eigenvalue weighted by atomic mass is 9.77. The van der Waals surface area contributed by atoms with Crippen molar-refractivity contribution in [3.8, 4) is 0 Å². The number of methoxy groups -OCH3 is 1. The van der Waals surface area contributed by atoms with Crippen LogP contribution in [0, 0.1) is 0 Å². The van der Waals surface area contributed by atoms with Crippen LogP contribution in [0.15, 0.2) is 0 Å². The predicted octanol–water partition coefficient (Wildman–Crippen LogP) is -0.693. The average molecular weight is 734 g/mol. The molecule has 4 fully saturated rings. The Bertz CT molecular complexity index is 1370. The van der Waals surface area contributed by atoms with E-state index in [0.717, 1.165) is 41.7 Å². The Kier molecular flexibility index (Phi) is 12.1. The number of ether oxygens (including phenoxy) is 11. The molecule has 0 aromatic carbocycles. The molecular formula is C32H47NO18. The Labute approximate surface area is 294 Å². The van der Waals surface area contributed by atoms with Crippen LogP contribution in [0.4, 0.5) is 0 Å². The van der Waals surface area contributed by atoms with Crippen molar-refractivity contribution in [2.45, 2.75) is 153 Å². The van der Waals surface area contributed by atoms with E-state index in [2.05, 4.69) is 5.32 Å². The fourth-order valence-corrected chi connectivity index (χ4v) is 6.94. The molecule has 51 heavy (non-hydrogen) atoms. The molecule has 1 amide bonds. The highest BCUT2D eigenvalue weighted by Gasteiger charge is 2.68. The van der Waals surface area contributed by atoms with Crippen LogP contribution in [0.3, 0.4) is 0 Å². The van der Waals surface area contributed by atoms with Crippen LogP contribution in [0.25, 0.3) is 0 Å². The van der Waals surface area contributed by atoms with E-state index >= 15 is 0 Å². The number of carbonyl (C=O) groups is 6. The van der Waals surface area contributed by atoms with Crippen molar-refractivity contribution in [1.82, 2.24) is 5.32 Å². The van der Waals surface area contributed by atoms with E-state index in [4.69, 9.17) is 52.1 Å². The third-order valence-corrected chi connectivity index (χ3v) is 8.56. The third kappa shape index (κ3) is 8.95. The summed E-state index contributed by atoms with van der Waals surface area (Å²) in [5, 5.41) is 15.0. The summed E-state index contributed by atoms with van der Waals surface area (Å²) in [7, 11) is 1.01. The van der Waals surface area contributed by atoms with E-state index < -0.39 is 133 Å². The van der Waals surface area contributed by atoms with Gasteiger partial charge in [-0.1, -0.05) is 0 Å². The molecule has 0 saturated carbocycles.